The summed E-state index contributed by atoms with van der Waals surface area (Å²) >= 11 is 0. The van der Waals surface area contributed by atoms with E-state index >= 15 is 0 Å². The zero-order valence-corrected chi connectivity index (χ0v) is 11.3. The van der Waals surface area contributed by atoms with Crippen LogP contribution in [0.3, 0.4) is 0 Å². The Morgan fingerprint density at radius 2 is 2.26 bits per heavy atom. The summed E-state index contributed by atoms with van der Waals surface area (Å²) < 4.78 is 4.65. The van der Waals surface area contributed by atoms with Crippen LogP contribution in [0.4, 0.5) is 0 Å². The maximum absolute atomic E-state index is 12.4. The lowest BCUT2D eigenvalue weighted by atomic mass is 9.94. The molecule has 1 aromatic rings. The van der Waals surface area contributed by atoms with E-state index in [1.54, 1.807) is 6.92 Å². The lowest BCUT2D eigenvalue weighted by molar-refractivity contribution is -0.150. The quantitative estimate of drug-likeness (QED) is 0.848. The summed E-state index contributed by atoms with van der Waals surface area (Å²) in [5.41, 5.74) is 0. The predicted octanol–water partition coefficient (Wildman–Crippen LogP) is 0.331. The van der Waals surface area contributed by atoms with Gasteiger partial charge >= 0.3 is 0 Å². The molecule has 19 heavy (non-hydrogen) atoms. The molecule has 1 aliphatic rings. The summed E-state index contributed by atoms with van der Waals surface area (Å²) in [5.74, 6) is 0.258. The van der Waals surface area contributed by atoms with Gasteiger partial charge in [-0.2, -0.15) is 4.98 Å². The maximum atomic E-state index is 12.4. The molecule has 0 aliphatic carbocycles. The van der Waals surface area contributed by atoms with Crippen LogP contribution in [-0.4, -0.2) is 38.9 Å². The molecule has 0 radical (unpaired) electrons. The van der Waals surface area contributed by atoms with E-state index in [9.17, 15) is 9.59 Å². The van der Waals surface area contributed by atoms with Gasteiger partial charge in [-0.15, -0.1) is 0 Å². The molecule has 7 nitrogen and oxygen atoms in total. The fourth-order valence-electron chi connectivity index (χ4n) is 2.10. The van der Waals surface area contributed by atoms with Gasteiger partial charge in [-0.25, -0.2) is 0 Å². The Bertz CT molecular complexity index is 460. The van der Waals surface area contributed by atoms with Crippen LogP contribution in [0.1, 0.15) is 33.0 Å². The van der Waals surface area contributed by atoms with Crippen molar-refractivity contribution in [3.05, 3.63) is 12.2 Å². The van der Waals surface area contributed by atoms with Crippen molar-refractivity contribution in [1.29, 1.82) is 0 Å². The minimum atomic E-state index is -0.522. The molecular weight excluding hydrogens is 248 g/mol. The van der Waals surface area contributed by atoms with Gasteiger partial charge in [-0.3, -0.25) is 9.59 Å². The van der Waals surface area contributed by atoms with Gasteiger partial charge in [0.15, 0.2) is 5.82 Å². The number of amides is 2. The molecule has 2 amide bonds. The number of nitrogens with one attached hydrogen (secondary N) is 1. The van der Waals surface area contributed by atoms with Gasteiger partial charge in [0.05, 0.1) is 6.54 Å². The molecule has 2 heterocycles. The molecule has 0 spiro atoms. The number of piperazine rings is 1. The van der Waals surface area contributed by atoms with Gasteiger partial charge < -0.3 is 14.7 Å². The maximum Gasteiger partial charge on any atom is 0.246 e. The van der Waals surface area contributed by atoms with E-state index in [1.807, 2.05) is 13.8 Å². The van der Waals surface area contributed by atoms with Crippen molar-refractivity contribution in [3.63, 3.8) is 0 Å². The van der Waals surface area contributed by atoms with Crippen molar-refractivity contribution in [1.82, 2.24) is 20.4 Å². The highest BCUT2D eigenvalue weighted by Gasteiger charge is 2.40. The van der Waals surface area contributed by atoms with E-state index < -0.39 is 12.1 Å². The molecule has 1 fully saturated rings. The zero-order chi connectivity index (χ0) is 14.0. The van der Waals surface area contributed by atoms with Crippen LogP contribution < -0.4 is 5.32 Å². The fraction of sp³-hybridized carbons (Fsp3) is 0.667. The Morgan fingerprint density at radius 1 is 1.53 bits per heavy atom. The van der Waals surface area contributed by atoms with Crippen molar-refractivity contribution in [2.45, 2.75) is 45.8 Å². The molecule has 1 aromatic heterocycles. The highest BCUT2D eigenvalue weighted by Crippen LogP contribution is 2.19. The molecule has 1 saturated heterocycles. The molecular formula is C12H18N4O3. The molecule has 3 unspecified atom stereocenters. The van der Waals surface area contributed by atoms with Crippen LogP contribution in [-0.2, 0) is 16.1 Å². The predicted molar refractivity (Wildman–Crippen MR) is 65.7 cm³/mol. The lowest BCUT2D eigenvalue weighted by Crippen LogP contribution is -2.63. The van der Waals surface area contributed by atoms with Gasteiger partial charge in [0.25, 0.3) is 0 Å². The number of nitrogens with zero attached hydrogens (tertiary/aromatic N) is 3. The molecule has 0 saturated carbocycles. The number of hydrogen-bond donors (Lipinski definition) is 1. The summed E-state index contributed by atoms with van der Waals surface area (Å²) in [4.78, 5) is 29.8. The Hall–Kier alpha value is -1.92. The summed E-state index contributed by atoms with van der Waals surface area (Å²) in [7, 11) is 0. The van der Waals surface area contributed by atoms with Gasteiger partial charge in [-0.05, 0) is 12.8 Å². The van der Waals surface area contributed by atoms with Crippen molar-refractivity contribution in [2.75, 3.05) is 0 Å². The Morgan fingerprint density at radius 3 is 2.84 bits per heavy atom. The Balaban J connectivity index is 2.19. The normalized spacial score (nSPS) is 25.3. The topological polar surface area (TPSA) is 88.3 Å². The van der Waals surface area contributed by atoms with E-state index in [2.05, 4.69) is 20.0 Å². The summed E-state index contributed by atoms with van der Waals surface area (Å²) in [6, 6.07) is -0.994. The monoisotopic (exact) mass is 266 g/mol. The SMILES string of the molecule is CCC(C)C1NC(=O)C(C)N(Cc2ncon2)C1=O. The van der Waals surface area contributed by atoms with Crippen molar-refractivity contribution in [2.24, 2.45) is 5.92 Å². The molecule has 0 aromatic carbocycles. The third-order valence-electron chi connectivity index (χ3n) is 3.63. The molecule has 104 valence electrons. The second kappa shape index (κ2) is 5.38. The second-order valence-electron chi connectivity index (χ2n) is 4.86. The zero-order valence-electron chi connectivity index (χ0n) is 11.3. The van der Waals surface area contributed by atoms with E-state index in [1.165, 1.54) is 11.3 Å². The van der Waals surface area contributed by atoms with Crippen LogP contribution in [0.2, 0.25) is 0 Å². The largest absolute Gasteiger partial charge is 0.343 e. The standard InChI is InChI=1S/C12H18N4O3/c1-4-7(2)10-12(18)16(8(3)11(17)14-10)5-9-13-6-19-15-9/h6-8,10H,4-5H2,1-3H3,(H,14,17). The van der Waals surface area contributed by atoms with Crippen molar-refractivity contribution in [3.8, 4) is 0 Å². The van der Waals surface area contributed by atoms with Crippen LogP contribution in [0, 0.1) is 5.92 Å². The number of rotatable bonds is 4. The van der Waals surface area contributed by atoms with E-state index in [0.717, 1.165) is 6.42 Å². The molecule has 7 heteroatoms. The number of carbonyl (C=O) groups excluding carboxylic acids is 2. The third kappa shape index (κ3) is 2.59. The minimum absolute atomic E-state index is 0.0914. The summed E-state index contributed by atoms with van der Waals surface area (Å²) in [6.07, 6.45) is 2.03. The highest BCUT2D eigenvalue weighted by atomic mass is 16.5. The first kappa shape index (κ1) is 13.5. The minimum Gasteiger partial charge on any atom is -0.343 e. The number of aromatic nitrogens is 2. The summed E-state index contributed by atoms with van der Waals surface area (Å²) in [5, 5.41) is 6.46. The number of carbonyl (C=O) groups is 2. The number of hydrogen-bond acceptors (Lipinski definition) is 5. The van der Waals surface area contributed by atoms with Gasteiger partial charge in [0, 0.05) is 0 Å². The Kier molecular flexibility index (Phi) is 3.82. The Labute approximate surface area is 111 Å². The second-order valence-corrected chi connectivity index (χ2v) is 4.86. The molecule has 1 N–H and O–H groups in total. The van der Waals surface area contributed by atoms with E-state index in [0.29, 0.717) is 5.82 Å². The van der Waals surface area contributed by atoms with Gasteiger partial charge in [-0.1, -0.05) is 25.4 Å². The summed E-state index contributed by atoms with van der Waals surface area (Å²) in [6.45, 7) is 5.83. The molecule has 2 rings (SSSR count). The first-order chi connectivity index (χ1) is 9.04. The van der Waals surface area contributed by atoms with Crippen molar-refractivity contribution >= 4 is 11.8 Å². The molecule has 1 aliphatic heterocycles. The van der Waals surface area contributed by atoms with Crippen molar-refractivity contribution < 1.29 is 14.1 Å². The molecule has 0 bridgehead atoms. The fourth-order valence-corrected chi connectivity index (χ4v) is 2.10. The van der Waals surface area contributed by atoms with Crippen LogP contribution in [0.5, 0.6) is 0 Å². The lowest BCUT2D eigenvalue weighted by Gasteiger charge is -2.38. The molecule has 3 atom stereocenters. The van der Waals surface area contributed by atoms with E-state index in [-0.39, 0.29) is 24.3 Å². The smallest absolute Gasteiger partial charge is 0.246 e. The first-order valence-electron chi connectivity index (χ1n) is 6.40. The average Bonchev–Trinajstić information content (AvgIpc) is 2.91. The van der Waals surface area contributed by atoms with Gasteiger partial charge in [0.2, 0.25) is 18.2 Å². The highest BCUT2D eigenvalue weighted by molar-refractivity contribution is 5.96. The van der Waals surface area contributed by atoms with Crippen LogP contribution in [0.15, 0.2) is 10.9 Å². The van der Waals surface area contributed by atoms with Crippen LogP contribution >= 0.6 is 0 Å². The third-order valence-corrected chi connectivity index (χ3v) is 3.63. The first-order valence-corrected chi connectivity index (χ1v) is 6.40. The average molecular weight is 266 g/mol. The van der Waals surface area contributed by atoms with Crippen LogP contribution in [0.25, 0.3) is 0 Å². The van der Waals surface area contributed by atoms with E-state index in [4.69, 9.17) is 0 Å². The van der Waals surface area contributed by atoms with Gasteiger partial charge in [0.1, 0.15) is 12.1 Å².